The average molecular weight is 397 g/mol. The number of hydrogen-bond donors (Lipinski definition) is 2. The second-order valence-corrected chi connectivity index (χ2v) is 7.76. The van der Waals surface area contributed by atoms with E-state index in [0.717, 1.165) is 12.0 Å². The number of anilines is 1. The van der Waals surface area contributed by atoms with E-state index in [1.165, 1.54) is 32.2 Å². The molecule has 0 bridgehead atoms. The molecule has 26 heavy (non-hydrogen) atoms. The Hall–Kier alpha value is -2.09. The smallest absolute Gasteiger partial charge is 0.245 e. The summed E-state index contributed by atoms with van der Waals surface area (Å²) in [4.78, 5) is 12.3. The highest BCUT2D eigenvalue weighted by molar-refractivity contribution is 7.89. The van der Waals surface area contributed by atoms with Gasteiger partial charge in [-0.3, -0.25) is 4.79 Å². The van der Waals surface area contributed by atoms with Gasteiger partial charge in [0, 0.05) is 10.7 Å². The van der Waals surface area contributed by atoms with E-state index in [-0.39, 0.29) is 15.7 Å². The van der Waals surface area contributed by atoms with E-state index in [0.29, 0.717) is 5.69 Å². The van der Waals surface area contributed by atoms with Gasteiger partial charge in [-0.15, -0.1) is 0 Å². The number of hydrogen-bond acceptors (Lipinski definition) is 4. The van der Waals surface area contributed by atoms with Crippen molar-refractivity contribution in [3.63, 3.8) is 0 Å². The Balaban J connectivity index is 2.19. The molecule has 0 spiro atoms. The molecule has 140 valence electrons. The fraction of sp³-hybridized carbons (Fsp3) is 0.278. The van der Waals surface area contributed by atoms with Gasteiger partial charge in [-0.2, -0.15) is 4.72 Å². The first-order valence-electron chi connectivity index (χ1n) is 8.03. The van der Waals surface area contributed by atoms with Gasteiger partial charge in [0.15, 0.2) is 0 Å². The summed E-state index contributed by atoms with van der Waals surface area (Å²) in [7, 11) is -2.64. The Morgan fingerprint density at radius 1 is 1.23 bits per heavy atom. The lowest BCUT2D eigenvalue weighted by Gasteiger charge is -2.17. The number of carbonyl (C=O) groups excluding carboxylic acids is 1. The number of carbonyl (C=O) groups is 1. The summed E-state index contributed by atoms with van der Waals surface area (Å²) in [6.45, 7) is 3.45. The quantitative estimate of drug-likeness (QED) is 0.752. The van der Waals surface area contributed by atoms with Gasteiger partial charge in [-0.25, -0.2) is 8.42 Å². The molecule has 0 heterocycles. The minimum atomic E-state index is -4.00. The predicted molar refractivity (Wildman–Crippen MR) is 102 cm³/mol. The maximum absolute atomic E-state index is 12.6. The summed E-state index contributed by atoms with van der Waals surface area (Å²) in [6.07, 6.45) is 0.746. The molecule has 2 rings (SSSR count). The number of rotatable bonds is 7. The number of aryl methyl sites for hydroxylation is 1. The standard InChI is InChI=1S/C18H21ClN2O4S/c1-4-13-7-5-6-8-15(13)20-18(22)12(2)21-26(23,24)17-11-14(19)9-10-16(17)25-3/h5-12,21H,4H2,1-3H3,(H,20,22)/t12-/m0/s1. The van der Waals surface area contributed by atoms with E-state index in [4.69, 9.17) is 16.3 Å². The topological polar surface area (TPSA) is 84.5 Å². The fourth-order valence-electron chi connectivity index (χ4n) is 2.40. The van der Waals surface area contributed by atoms with Gasteiger partial charge in [-0.05, 0) is 43.2 Å². The van der Waals surface area contributed by atoms with E-state index in [9.17, 15) is 13.2 Å². The number of nitrogens with one attached hydrogen (secondary N) is 2. The van der Waals surface area contributed by atoms with Crippen LogP contribution < -0.4 is 14.8 Å². The zero-order valence-corrected chi connectivity index (χ0v) is 16.3. The molecule has 0 fully saturated rings. The molecule has 2 N–H and O–H groups in total. The third-order valence-electron chi connectivity index (χ3n) is 3.80. The number of amides is 1. The summed E-state index contributed by atoms with van der Waals surface area (Å²) in [5, 5.41) is 3.00. The number of sulfonamides is 1. The van der Waals surface area contributed by atoms with Gasteiger partial charge in [0.2, 0.25) is 15.9 Å². The molecule has 2 aromatic rings. The predicted octanol–water partition coefficient (Wildman–Crippen LogP) is 3.22. The molecule has 2 aromatic carbocycles. The number of methoxy groups -OCH3 is 1. The van der Waals surface area contributed by atoms with Crippen LogP contribution in [0.5, 0.6) is 5.75 Å². The number of ether oxygens (including phenoxy) is 1. The minimum Gasteiger partial charge on any atom is -0.495 e. The first-order valence-corrected chi connectivity index (χ1v) is 9.89. The van der Waals surface area contributed by atoms with Crippen LogP contribution in [-0.4, -0.2) is 27.5 Å². The Morgan fingerprint density at radius 2 is 1.92 bits per heavy atom. The van der Waals surface area contributed by atoms with Crippen LogP contribution in [-0.2, 0) is 21.2 Å². The number of benzene rings is 2. The lowest BCUT2D eigenvalue weighted by Crippen LogP contribution is -2.41. The van der Waals surface area contributed by atoms with Crippen LogP contribution in [0.3, 0.4) is 0 Å². The summed E-state index contributed by atoms with van der Waals surface area (Å²) in [6, 6.07) is 10.6. The first kappa shape index (κ1) is 20.2. The maximum Gasteiger partial charge on any atom is 0.245 e. The SMILES string of the molecule is CCc1ccccc1NC(=O)[C@H](C)NS(=O)(=O)c1cc(Cl)ccc1OC. The van der Waals surface area contributed by atoms with Crippen molar-refractivity contribution in [3.8, 4) is 5.75 Å². The van der Waals surface area contributed by atoms with E-state index < -0.39 is 22.0 Å². The number of halogens is 1. The molecule has 0 aliphatic rings. The minimum absolute atomic E-state index is 0.124. The van der Waals surface area contributed by atoms with Gasteiger partial charge in [0.1, 0.15) is 10.6 Å². The molecule has 0 radical (unpaired) electrons. The van der Waals surface area contributed by atoms with Gasteiger partial charge < -0.3 is 10.1 Å². The summed E-state index contributed by atoms with van der Waals surface area (Å²) < 4.78 is 32.7. The van der Waals surface area contributed by atoms with Crippen molar-refractivity contribution >= 4 is 33.2 Å². The molecule has 8 heteroatoms. The van der Waals surface area contributed by atoms with Crippen molar-refractivity contribution in [1.82, 2.24) is 4.72 Å². The van der Waals surface area contributed by atoms with Crippen LogP contribution >= 0.6 is 11.6 Å². The van der Waals surface area contributed by atoms with E-state index in [1.54, 1.807) is 12.1 Å². The highest BCUT2D eigenvalue weighted by Gasteiger charge is 2.25. The third kappa shape index (κ3) is 4.75. The summed E-state index contributed by atoms with van der Waals surface area (Å²) in [5.41, 5.74) is 1.62. The molecule has 0 aliphatic carbocycles. The normalized spacial score (nSPS) is 12.5. The second-order valence-electron chi connectivity index (χ2n) is 5.64. The van der Waals surface area contributed by atoms with E-state index >= 15 is 0 Å². The zero-order chi connectivity index (χ0) is 19.3. The largest absolute Gasteiger partial charge is 0.495 e. The summed E-state index contributed by atoms with van der Waals surface area (Å²) >= 11 is 5.89. The molecule has 0 saturated carbocycles. The van der Waals surface area contributed by atoms with Crippen molar-refractivity contribution in [2.24, 2.45) is 0 Å². The molecule has 1 atom stereocenters. The highest BCUT2D eigenvalue weighted by atomic mass is 35.5. The molecule has 0 saturated heterocycles. The van der Waals surface area contributed by atoms with Crippen LogP contribution in [0.4, 0.5) is 5.69 Å². The Morgan fingerprint density at radius 3 is 2.58 bits per heavy atom. The average Bonchev–Trinajstić information content (AvgIpc) is 2.61. The lowest BCUT2D eigenvalue weighted by atomic mass is 10.1. The molecule has 0 aromatic heterocycles. The van der Waals surface area contributed by atoms with Crippen molar-refractivity contribution in [2.75, 3.05) is 12.4 Å². The number of para-hydroxylation sites is 1. The van der Waals surface area contributed by atoms with Crippen molar-refractivity contribution in [1.29, 1.82) is 0 Å². The Kier molecular flexibility index (Phi) is 6.63. The van der Waals surface area contributed by atoms with E-state index in [1.807, 2.05) is 19.1 Å². The zero-order valence-electron chi connectivity index (χ0n) is 14.7. The third-order valence-corrected chi connectivity index (χ3v) is 5.59. The van der Waals surface area contributed by atoms with Crippen LogP contribution in [0.25, 0.3) is 0 Å². The van der Waals surface area contributed by atoms with Crippen molar-refractivity contribution < 1.29 is 17.9 Å². The summed E-state index contributed by atoms with van der Waals surface area (Å²) in [5.74, 6) is -0.318. The van der Waals surface area contributed by atoms with Crippen molar-refractivity contribution in [3.05, 3.63) is 53.1 Å². The van der Waals surface area contributed by atoms with Gasteiger partial charge in [-0.1, -0.05) is 36.7 Å². The first-order chi connectivity index (χ1) is 12.3. The lowest BCUT2D eigenvalue weighted by molar-refractivity contribution is -0.117. The van der Waals surface area contributed by atoms with E-state index in [2.05, 4.69) is 10.0 Å². The Labute approximate surface area is 158 Å². The molecule has 0 aliphatic heterocycles. The molecule has 1 amide bonds. The van der Waals surface area contributed by atoms with Crippen molar-refractivity contribution in [2.45, 2.75) is 31.2 Å². The fourth-order valence-corrected chi connectivity index (χ4v) is 4.04. The van der Waals surface area contributed by atoms with Crippen LogP contribution in [0, 0.1) is 0 Å². The Bertz CT molecular complexity index is 900. The van der Waals surface area contributed by atoms with Crippen LogP contribution in [0.1, 0.15) is 19.4 Å². The molecule has 0 unspecified atom stereocenters. The van der Waals surface area contributed by atoms with Gasteiger partial charge in [0.05, 0.1) is 13.2 Å². The van der Waals surface area contributed by atoms with Crippen LogP contribution in [0.15, 0.2) is 47.4 Å². The van der Waals surface area contributed by atoms with Crippen LogP contribution in [0.2, 0.25) is 5.02 Å². The van der Waals surface area contributed by atoms with Gasteiger partial charge in [0.25, 0.3) is 0 Å². The molecular formula is C18H21ClN2O4S. The monoisotopic (exact) mass is 396 g/mol. The molecular weight excluding hydrogens is 376 g/mol. The second kappa shape index (κ2) is 8.53. The van der Waals surface area contributed by atoms with Gasteiger partial charge >= 0.3 is 0 Å². The molecule has 6 nitrogen and oxygen atoms in total. The maximum atomic E-state index is 12.6. The highest BCUT2D eigenvalue weighted by Crippen LogP contribution is 2.27.